The van der Waals surface area contributed by atoms with Crippen LogP contribution in [0.5, 0.6) is 5.75 Å². The first-order valence-corrected chi connectivity index (χ1v) is 13.4. The molecule has 11 atom stereocenters. The third kappa shape index (κ3) is 5.24. The average molecular weight is 545 g/mol. The molecule has 0 radical (unpaired) electrons. The molecular weight excluding hydrogens is 508 g/mol. The minimum absolute atomic E-state index is 0.0394. The highest BCUT2D eigenvalue weighted by molar-refractivity contribution is 5.90. The van der Waals surface area contributed by atoms with Crippen molar-refractivity contribution < 1.29 is 49.0 Å². The van der Waals surface area contributed by atoms with Crippen LogP contribution in [0.3, 0.4) is 0 Å². The van der Waals surface area contributed by atoms with Crippen molar-refractivity contribution in [2.45, 2.75) is 75.5 Å². The molecule has 5 rings (SSSR count). The zero-order chi connectivity index (χ0) is 28.0. The molecule has 4 N–H and O–H groups in total. The lowest BCUT2D eigenvalue weighted by atomic mass is 9.79. The first kappa shape index (κ1) is 27.8. The van der Waals surface area contributed by atoms with E-state index in [9.17, 15) is 30.0 Å². The van der Waals surface area contributed by atoms with Crippen LogP contribution >= 0.6 is 0 Å². The second kappa shape index (κ2) is 11.0. The number of aromatic hydroxyl groups is 1. The third-order valence-corrected chi connectivity index (χ3v) is 8.86. The van der Waals surface area contributed by atoms with Crippen molar-refractivity contribution in [3.8, 4) is 5.75 Å². The van der Waals surface area contributed by atoms with Gasteiger partial charge in [-0.2, -0.15) is 0 Å². The van der Waals surface area contributed by atoms with Crippen LogP contribution in [-0.2, 0) is 35.0 Å². The normalized spacial score (nSPS) is 40.0. The molecule has 2 saturated carbocycles. The zero-order valence-electron chi connectivity index (χ0n) is 21.8. The van der Waals surface area contributed by atoms with Crippen LogP contribution in [0.15, 0.2) is 48.6 Å². The second-order valence-corrected chi connectivity index (χ2v) is 11.2. The highest BCUT2D eigenvalue weighted by atomic mass is 16.7. The number of ether oxygens (including phenoxy) is 4. The SMILES string of the molecule is C=C1C(=O)O[C@@H]2[C@@H]3[C@H](C)[C@@H](O[C@@H]4O[C@H](CO)[C@@H](O)[C@H](OC(=O)Cc5ccc(O)cc5)[C@H]4O)C[C@H]3C(=C)CC[C@@H]12. The summed E-state index contributed by atoms with van der Waals surface area (Å²) in [5.74, 6) is -1.19. The van der Waals surface area contributed by atoms with Gasteiger partial charge in [0, 0.05) is 17.4 Å². The van der Waals surface area contributed by atoms with Crippen LogP contribution in [0.4, 0.5) is 0 Å². The van der Waals surface area contributed by atoms with Crippen molar-refractivity contribution in [3.63, 3.8) is 0 Å². The van der Waals surface area contributed by atoms with Gasteiger partial charge in [0.05, 0.1) is 19.1 Å². The molecule has 2 aliphatic heterocycles. The molecule has 2 aliphatic carbocycles. The Morgan fingerprint density at radius 3 is 2.54 bits per heavy atom. The number of hydrogen-bond acceptors (Lipinski definition) is 10. The van der Waals surface area contributed by atoms with Crippen molar-refractivity contribution in [2.75, 3.05) is 6.61 Å². The van der Waals surface area contributed by atoms with Crippen LogP contribution in [0.2, 0.25) is 0 Å². The molecule has 2 saturated heterocycles. The molecule has 2 heterocycles. The Bertz CT molecular complexity index is 1120. The molecule has 0 bridgehead atoms. The number of hydrogen-bond donors (Lipinski definition) is 4. The van der Waals surface area contributed by atoms with E-state index in [-0.39, 0.29) is 47.9 Å². The number of phenolic OH excluding ortho intramolecular Hbond substituents is 1. The number of phenols is 1. The summed E-state index contributed by atoms with van der Waals surface area (Å²) in [5.41, 5.74) is 2.13. The summed E-state index contributed by atoms with van der Waals surface area (Å²) >= 11 is 0. The lowest BCUT2D eigenvalue weighted by Crippen LogP contribution is -2.61. The number of rotatable bonds is 6. The molecule has 4 aliphatic rings. The largest absolute Gasteiger partial charge is 0.508 e. The average Bonchev–Trinajstić information content (AvgIpc) is 3.33. The molecule has 0 aromatic heterocycles. The van der Waals surface area contributed by atoms with Gasteiger partial charge in [0.25, 0.3) is 0 Å². The fourth-order valence-electron chi connectivity index (χ4n) is 6.68. The van der Waals surface area contributed by atoms with E-state index in [0.717, 1.165) is 18.4 Å². The Hall–Kier alpha value is -2.76. The fourth-order valence-corrected chi connectivity index (χ4v) is 6.68. The van der Waals surface area contributed by atoms with Gasteiger partial charge in [0.1, 0.15) is 30.2 Å². The quantitative estimate of drug-likeness (QED) is 0.235. The van der Waals surface area contributed by atoms with Gasteiger partial charge in [0.2, 0.25) is 0 Å². The van der Waals surface area contributed by atoms with E-state index >= 15 is 0 Å². The summed E-state index contributed by atoms with van der Waals surface area (Å²) in [6, 6.07) is 6.00. The fraction of sp³-hybridized carbons (Fsp3) is 0.586. The van der Waals surface area contributed by atoms with Gasteiger partial charge in [-0.05, 0) is 48.8 Å². The highest BCUT2D eigenvalue weighted by Crippen LogP contribution is 2.53. The number of carbonyl (C=O) groups excluding carboxylic acids is 2. The Morgan fingerprint density at radius 2 is 1.85 bits per heavy atom. The maximum atomic E-state index is 12.6. The van der Waals surface area contributed by atoms with Crippen molar-refractivity contribution in [1.29, 1.82) is 0 Å². The van der Waals surface area contributed by atoms with Gasteiger partial charge in [-0.3, -0.25) is 4.79 Å². The molecule has 0 unspecified atom stereocenters. The van der Waals surface area contributed by atoms with E-state index in [4.69, 9.17) is 18.9 Å². The van der Waals surface area contributed by atoms with Crippen molar-refractivity contribution in [2.24, 2.45) is 23.7 Å². The molecule has 10 nitrogen and oxygen atoms in total. The lowest BCUT2D eigenvalue weighted by molar-refractivity contribution is -0.315. The first-order chi connectivity index (χ1) is 18.6. The summed E-state index contributed by atoms with van der Waals surface area (Å²) in [4.78, 5) is 24.9. The number of esters is 2. The maximum Gasteiger partial charge on any atom is 0.334 e. The number of fused-ring (bicyclic) bond motifs is 3. The smallest absolute Gasteiger partial charge is 0.334 e. The van der Waals surface area contributed by atoms with Crippen LogP contribution < -0.4 is 0 Å². The van der Waals surface area contributed by atoms with E-state index < -0.39 is 49.4 Å². The summed E-state index contributed by atoms with van der Waals surface area (Å²) in [5, 5.41) is 41.0. The minimum Gasteiger partial charge on any atom is -0.508 e. The maximum absolute atomic E-state index is 12.6. The Balaban J connectivity index is 1.29. The standard InChI is InChI=1S/C29H36O10/c1-13-4-9-18-14(2)28(35)39-26(18)23-15(3)20(11-19(13)23)36-29-25(34)27(24(33)21(12-30)37-29)38-22(32)10-16-5-7-17(31)8-6-16/h5-8,15,18-21,23-27,29-31,33-34H,1-2,4,9-12H2,3H3/t15-,18+,19+,20+,21-,23-,24-,25-,26+,27+,29-/m1/s1. The minimum atomic E-state index is -1.52. The van der Waals surface area contributed by atoms with Crippen molar-refractivity contribution in [3.05, 3.63) is 54.1 Å². The van der Waals surface area contributed by atoms with Gasteiger partial charge < -0.3 is 39.4 Å². The summed E-state index contributed by atoms with van der Waals surface area (Å²) in [6.45, 7) is 9.66. The molecular formula is C29H36O10. The second-order valence-electron chi connectivity index (χ2n) is 11.2. The predicted molar refractivity (Wildman–Crippen MR) is 136 cm³/mol. The number of aliphatic hydroxyl groups is 3. The van der Waals surface area contributed by atoms with E-state index in [1.165, 1.54) is 12.1 Å². The third-order valence-electron chi connectivity index (χ3n) is 8.86. The molecule has 0 spiro atoms. The summed E-state index contributed by atoms with van der Waals surface area (Å²) < 4.78 is 23.2. The zero-order valence-corrected chi connectivity index (χ0v) is 21.8. The van der Waals surface area contributed by atoms with Gasteiger partial charge >= 0.3 is 11.9 Å². The monoisotopic (exact) mass is 544 g/mol. The van der Waals surface area contributed by atoms with Gasteiger partial charge in [-0.15, -0.1) is 0 Å². The van der Waals surface area contributed by atoms with Crippen molar-refractivity contribution >= 4 is 11.9 Å². The molecule has 1 aromatic rings. The predicted octanol–water partition coefficient (Wildman–Crippen LogP) is 1.39. The van der Waals surface area contributed by atoms with Gasteiger partial charge in [-0.25, -0.2) is 4.79 Å². The van der Waals surface area contributed by atoms with Crippen LogP contribution in [-0.4, -0.2) is 81.9 Å². The summed E-state index contributed by atoms with van der Waals surface area (Å²) in [7, 11) is 0. The molecule has 212 valence electrons. The highest BCUT2D eigenvalue weighted by Gasteiger charge is 2.56. The molecule has 1 aromatic carbocycles. The molecule has 4 fully saturated rings. The summed E-state index contributed by atoms with van der Waals surface area (Å²) in [6.07, 6.45) is -5.63. The van der Waals surface area contributed by atoms with Crippen LogP contribution in [0.25, 0.3) is 0 Å². The number of carbonyl (C=O) groups is 2. The number of aliphatic hydroxyl groups excluding tert-OH is 3. The number of allylic oxidation sites excluding steroid dienone is 1. The van der Waals surface area contributed by atoms with Gasteiger partial charge in [-0.1, -0.05) is 37.8 Å². The van der Waals surface area contributed by atoms with E-state index in [1.807, 2.05) is 6.92 Å². The van der Waals surface area contributed by atoms with Crippen LogP contribution in [0, 0.1) is 23.7 Å². The van der Waals surface area contributed by atoms with Crippen LogP contribution in [0.1, 0.15) is 31.7 Å². The molecule has 0 amide bonds. The van der Waals surface area contributed by atoms with Crippen molar-refractivity contribution in [1.82, 2.24) is 0 Å². The molecule has 39 heavy (non-hydrogen) atoms. The Morgan fingerprint density at radius 1 is 1.13 bits per heavy atom. The Kier molecular flexibility index (Phi) is 7.85. The van der Waals surface area contributed by atoms with E-state index in [2.05, 4.69) is 13.2 Å². The number of benzene rings is 1. The van der Waals surface area contributed by atoms with E-state index in [1.54, 1.807) is 12.1 Å². The Labute approximate surface area is 226 Å². The first-order valence-electron chi connectivity index (χ1n) is 13.4. The van der Waals surface area contributed by atoms with E-state index in [0.29, 0.717) is 17.6 Å². The lowest BCUT2D eigenvalue weighted by Gasteiger charge is -2.42. The topological polar surface area (TPSA) is 152 Å². The molecule has 10 heteroatoms. The van der Waals surface area contributed by atoms with Gasteiger partial charge in [0.15, 0.2) is 12.4 Å².